The molecule has 41 heavy (non-hydrogen) atoms. The maximum Gasteiger partial charge on any atom is 0.244 e. The van der Waals surface area contributed by atoms with Crippen molar-refractivity contribution >= 4 is 51.1 Å². The minimum absolute atomic E-state index is 0.0251. The average Bonchev–Trinajstić information content (AvgIpc) is 3.54. The number of hydrogen-bond acceptors (Lipinski definition) is 8. The first kappa shape index (κ1) is 30.6. The van der Waals surface area contributed by atoms with E-state index in [1.807, 2.05) is 20.8 Å². The molecule has 7 atom stereocenters. The van der Waals surface area contributed by atoms with Crippen molar-refractivity contribution in [1.29, 1.82) is 0 Å². The number of benzene rings is 1. The highest BCUT2D eigenvalue weighted by Crippen LogP contribution is 2.68. The van der Waals surface area contributed by atoms with Crippen molar-refractivity contribution in [3.8, 4) is 5.75 Å². The molecular formula is C29H41BrN4O6S. The van der Waals surface area contributed by atoms with Gasteiger partial charge in [0.15, 0.2) is 0 Å². The first-order chi connectivity index (χ1) is 19.7. The van der Waals surface area contributed by atoms with Crippen molar-refractivity contribution in [2.45, 2.75) is 54.1 Å². The van der Waals surface area contributed by atoms with Gasteiger partial charge < -0.3 is 30.1 Å². The van der Waals surface area contributed by atoms with Gasteiger partial charge in [-0.1, -0.05) is 29.8 Å². The number of aliphatic hydroxyl groups excluding tert-OH is 1. The molecule has 0 aliphatic carbocycles. The van der Waals surface area contributed by atoms with E-state index in [2.05, 4.69) is 31.5 Å². The number of alkyl halides is 1. The highest BCUT2D eigenvalue weighted by Gasteiger charge is 2.76. The van der Waals surface area contributed by atoms with Gasteiger partial charge in [-0.2, -0.15) is 0 Å². The molecule has 4 saturated heterocycles. The zero-order valence-corrected chi connectivity index (χ0v) is 26.3. The molecule has 10 nitrogen and oxygen atoms in total. The minimum atomic E-state index is -0.775. The van der Waals surface area contributed by atoms with Crippen LogP contribution < -0.4 is 15.4 Å². The van der Waals surface area contributed by atoms with Gasteiger partial charge in [-0.15, -0.1) is 11.8 Å². The van der Waals surface area contributed by atoms with Crippen LogP contribution in [-0.2, 0) is 19.1 Å². The number of carbonyl (C=O) groups excluding carboxylic acids is 3. The lowest BCUT2D eigenvalue weighted by atomic mass is 9.70. The van der Waals surface area contributed by atoms with Crippen molar-refractivity contribution in [3.63, 3.8) is 0 Å². The van der Waals surface area contributed by atoms with Crippen molar-refractivity contribution in [3.05, 3.63) is 24.3 Å². The first-order valence-electron chi connectivity index (χ1n) is 14.6. The van der Waals surface area contributed by atoms with E-state index in [1.165, 1.54) is 0 Å². The number of hydrogen-bond donors (Lipinski definition) is 3. The number of amides is 3. The Morgan fingerprint density at radius 1 is 1.22 bits per heavy atom. The van der Waals surface area contributed by atoms with E-state index in [0.717, 1.165) is 13.1 Å². The fraction of sp³-hybridized carbons (Fsp3) is 0.690. The Hall–Kier alpha value is -1.86. The molecule has 4 fully saturated rings. The summed E-state index contributed by atoms with van der Waals surface area (Å²) in [5.74, 6) is -1.28. The summed E-state index contributed by atoms with van der Waals surface area (Å²) in [6.07, 6.45) is 0.597. The van der Waals surface area contributed by atoms with E-state index in [0.29, 0.717) is 50.8 Å². The van der Waals surface area contributed by atoms with E-state index in [9.17, 15) is 19.5 Å². The molecule has 12 heteroatoms. The van der Waals surface area contributed by atoms with Crippen LogP contribution in [0.15, 0.2) is 24.3 Å². The van der Waals surface area contributed by atoms with Crippen molar-refractivity contribution in [2.24, 2.45) is 17.8 Å². The van der Waals surface area contributed by atoms with Gasteiger partial charge in [0.25, 0.3) is 0 Å². The van der Waals surface area contributed by atoms with Crippen LogP contribution in [0.2, 0.25) is 0 Å². The van der Waals surface area contributed by atoms with Crippen LogP contribution in [0, 0.1) is 17.8 Å². The fourth-order valence-electron chi connectivity index (χ4n) is 6.93. The van der Waals surface area contributed by atoms with Crippen LogP contribution in [0.5, 0.6) is 5.75 Å². The van der Waals surface area contributed by atoms with Crippen LogP contribution in [0.4, 0.5) is 5.69 Å². The lowest BCUT2D eigenvalue weighted by molar-refractivity contribution is -0.143. The van der Waals surface area contributed by atoms with Gasteiger partial charge in [0.2, 0.25) is 17.7 Å². The Kier molecular flexibility index (Phi) is 9.54. The number of thioether (sulfide) groups is 1. The molecule has 0 radical (unpaired) electrons. The Labute approximate surface area is 254 Å². The standard InChI is InChI=1S/C29H41BrN4O6S/c1-4-40-19-7-5-18(6-8-19)32-26(36)22-23-28(38)34(21(16-35)17(2)3)25(29(23)15-20(30)24(22)41-29)27(37)31-9-10-33-11-13-39-14-12-33/h5-8,17,20-25,35H,4,9-16H2,1-3H3,(H,31,37)(H,32,36)/t20?,21-,22+,23-,24+,25?,29?/m0/s1. The summed E-state index contributed by atoms with van der Waals surface area (Å²) in [6.45, 7) is 10.3. The highest BCUT2D eigenvalue weighted by atomic mass is 79.9. The van der Waals surface area contributed by atoms with Crippen LogP contribution in [0.3, 0.4) is 0 Å². The Morgan fingerprint density at radius 3 is 2.56 bits per heavy atom. The number of carbonyl (C=O) groups is 3. The molecule has 0 saturated carbocycles. The number of aliphatic hydroxyl groups is 1. The van der Waals surface area contributed by atoms with Gasteiger partial charge in [0.1, 0.15) is 11.8 Å². The SMILES string of the molecule is CCOc1ccc(NC(=O)[C@H]2[C@@H]3SC4(CC3Br)C(C(=O)NCCN3CCOCC3)N([C@@H](CO)C(C)C)C(=O)[C@H]24)cc1. The van der Waals surface area contributed by atoms with E-state index in [4.69, 9.17) is 9.47 Å². The van der Waals surface area contributed by atoms with E-state index < -0.39 is 28.7 Å². The molecule has 2 bridgehead atoms. The van der Waals surface area contributed by atoms with Crippen molar-refractivity contribution in [1.82, 2.24) is 15.1 Å². The van der Waals surface area contributed by atoms with Crippen molar-refractivity contribution < 1.29 is 29.0 Å². The monoisotopic (exact) mass is 652 g/mol. The predicted molar refractivity (Wildman–Crippen MR) is 161 cm³/mol. The summed E-state index contributed by atoms with van der Waals surface area (Å²) in [5.41, 5.74) is 0.626. The van der Waals surface area contributed by atoms with Gasteiger partial charge in [0.05, 0.1) is 49.1 Å². The number of rotatable bonds is 11. The fourth-order valence-corrected chi connectivity index (χ4v) is 10.5. The Morgan fingerprint density at radius 2 is 1.93 bits per heavy atom. The summed E-state index contributed by atoms with van der Waals surface area (Å²) in [5, 5.41) is 16.4. The predicted octanol–water partition coefficient (Wildman–Crippen LogP) is 1.95. The number of halogens is 1. The number of likely N-dealkylation sites (tertiary alicyclic amines) is 1. The lowest BCUT2D eigenvalue weighted by Gasteiger charge is -2.38. The molecule has 3 N–H and O–H groups in total. The number of fused-ring (bicyclic) bond motifs is 1. The number of ether oxygens (including phenoxy) is 2. The third-order valence-corrected chi connectivity index (χ3v) is 12.1. The molecule has 226 valence electrons. The van der Waals surface area contributed by atoms with Crippen LogP contribution >= 0.6 is 27.7 Å². The number of anilines is 1. The van der Waals surface area contributed by atoms with Crippen LogP contribution in [0.1, 0.15) is 27.2 Å². The third-order valence-electron chi connectivity index (χ3n) is 8.86. The molecule has 0 aromatic heterocycles. The first-order valence-corrected chi connectivity index (χ1v) is 16.4. The summed E-state index contributed by atoms with van der Waals surface area (Å²) < 4.78 is 10.2. The second-order valence-corrected chi connectivity index (χ2v) is 14.3. The van der Waals surface area contributed by atoms with Gasteiger partial charge in [-0.05, 0) is 43.5 Å². The summed E-state index contributed by atoms with van der Waals surface area (Å²) >= 11 is 5.40. The molecule has 4 heterocycles. The molecule has 1 spiro atoms. The topological polar surface area (TPSA) is 120 Å². The number of nitrogens with zero attached hydrogens (tertiary/aromatic N) is 2. The van der Waals surface area contributed by atoms with E-state index in [-0.39, 0.29) is 40.3 Å². The van der Waals surface area contributed by atoms with Crippen molar-refractivity contribution in [2.75, 3.05) is 57.9 Å². The molecule has 4 aliphatic heterocycles. The zero-order chi connectivity index (χ0) is 29.3. The minimum Gasteiger partial charge on any atom is -0.494 e. The third kappa shape index (κ3) is 5.74. The van der Waals surface area contributed by atoms with Crippen LogP contribution in [-0.4, -0.2) is 112 Å². The smallest absolute Gasteiger partial charge is 0.244 e. The summed E-state index contributed by atoms with van der Waals surface area (Å²) in [6, 6.07) is 5.88. The normalized spacial score (nSPS) is 31.8. The molecule has 3 amide bonds. The summed E-state index contributed by atoms with van der Waals surface area (Å²) in [7, 11) is 0. The summed E-state index contributed by atoms with van der Waals surface area (Å²) in [4.78, 5) is 46.0. The average molecular weight is 654 g/mol. The van der Waals surface area contributed by atoms with E-state index in [1.54, 1.807) is 40.9 Å². The molecule has 1 aromatic carbocycles. The second-order valence-electron chi connectivity index (χ2n) is 11.6. The Bertz CT molecular complexity index is 1120. The highest BCUT2D eigenvalue weighted by molar-refractivity contribution is 9.09. The maximum absolute atomic E-state index is 14.3. The number of morpholine rings is 1. The van der Waals surface area contributed by atoms with E-state index >= 15 is 0 Å². The number of nitrogens with one attached hydrogen (secondary N) is 2. The second kappa shape index (κ2) is 12.8. The molecular weight excluding hydrogens is 612 g/mol. The lowest BCUT2D eigenvalue weighted by Crippen LogP contribution is -2.58. The molecule has 5 rings (SSSR count). The molecule has 3 unspecified atom stereocenters. The van der Waals surface area contributed by atoms with Gasteiger partial charge in [-0.3, -0.25) is 19.3 Å². The zero-order valence-electron chi connectivity index (χ0n) is 23.9. The van der Waals surface area contributed by atoms with Gasteiger partial charge in [-0.25, -0.2) is 0 Å². The molecule has 4 aliphatic rings. The largest absolute Gasteiger partial charge is 0.494 e. The molecule has 1 aromatic rings. The Balaban J connectivity index is 1.40. The maximum atomic E-state index is 14.3. The van der Waals surface area contributed by atoms with Crippen LogP contribution in [0.25, 0.3) is 0 Å². The van der Waals surface area contributed by atoms with Gasteiger partial charge in [0, 0.05) is 41.9 Å². The van der Waals surface area contributed by atoms with Gasteiger partial charge >= 0.3 is 0 Å². The quantitative estimate of drug-likeness (QED) is 0.311.